The molecule has 7 nitrogen and oxygen atoms in total. The summed E-state index contributed by atoms with van der Waals surface area (Å²) in [6, 6.07) is 11.8. The van der Waals surface area contributed by atoms with E-state index >= 15 is 0 Å². The summed E-state index contributed by atoms with van der Waals surface area (Å²) in [4.78, 5) is 20.1. The number of nitrogens with zero attached hydrogens (tertiary/aromatic N) is 3. The number of carbonyl (C=O) groups excluding carboxylic acids is 1. The summed E-state index contributed by atoms with van der Waals surface area (Å²) in [5.74, 6) is 2.16. The fourth-order valence-electron chi connectivity index (χ4n) is 4.17. The predicted molar refractivity (Wildman–Crippen MR) is 129 cm³/mol. The largest absolute Gasteiger partial charge is 0.497 e. The monoisotopic (exact) mass is 466 g/mol. The van der Waals surface area contributed by atoms with E-state index in [0.29, 0.717) is 22.9 Å². The molecule has 33 heavy (non-hydrogen) atoms. The van der Waals surface area contributed by atoms with Crippen molar-refractivity contribution in [1.82, 2.24) is 20.4 Å². The van der Waals surface area contributed by atoms with E-state index in [-0.39, 0.29) is 11.9 Å². The van der Waals surface area contributed by atoms with Gasteiger partial charge in [0, 0.05) is 24.1 Å². The van der Waals surface area contributed by atoms with E-state index in [1.807, 2.05) is 32.0 Å². The lowest BCUT2D eigenvalue weighted by Crippen LogP contribution is -2.37. The third-order valence-electron chi connectivity index (χ3n) is 6.07. The molecule has 1 aromatic carbocycles. The van der Waals surface area contributed by atoms with Gasteiger partial charge in [0.15, 0.2) is 0 Å². The number of nitrogens with one attached hydrogen (secondary N) is 1. The summed E-state index contributed by atoms with van der Waals surface area (Å²) in [6.45, 7) is 6.41. The van der Waals surface area contributed by atoms with E-state index in [1.165, 1.54) is 24.6 Å². The van der Waals surface area contributed by atoms with Gasteiger partial charge in [-0.3, -0.25) is 9.69 Å². The Morgan fingerprint density at radius 3 is 2.79 bits per heavy atom. The van der Waals surface area contributed by atoms with Crippen LogP contribution in [0.1, 0.15) is 51.8 Å². The minimum atomic E-state index is -0.114. The van der Waals surface area contributed by atoms with Gasteiger partial charge in [0.2, 0.25) is 0 Å². The fourth-order valence-corrected chi connectivity index (χ4v) is 5.32. The summed E-state index contributed by atoms with van der Waals surface area (Å²) in [6.07, 6.45) is 4.08. The van der Waals surface area contributed by atoms with Crippen molar-refractivity contribution in [3.8, 4) is 5.75 Å². The molecular weight excluding hydrogens is 436 g/mol. The Kier molecular flexibility index (Phi) is 7.67. The van der Waals surface area contributed by atoms with Crippen LogP contribution in [0, 0.1) is 13.8 Å². The first-order chi connectivity index (χ1) is 16.1. The van der Waals surface area contributed by atoms with Crippen LogP contribution in [0.15, 0.2) is 52.1 Å². The molecule has 0 saturated carbocycles. The SMILES string of the molecule is COc1cccc(C(CNC(=O)c2cccnc2SCc2c(C)noc2C)N2CCCC2)c1. The van der Waals surface area contributed by atoms with Gasteiger partial charge in [-0.25, -0.2) is 4.98 Å². The summed E-state index contributed by atoms with van der Waals surface area (Å²) in [5, 5.41) is 7.88. The smallest absolute Gasteiger partial charge is 0.254 e. The van der Waals surface area contributed by atoms with E-state index in [4.69, 9.17) is 9.26 Å². The van der Waals surface area contributed by atoms with Crippen molar-refractivity contribution in [2.24, 2.45) is 0 Å². The minimum Gasteiger partial charge on any atom is -0.497 e. The molecule has 1 saturated heterocycles. The highest BCUT2D eigenvalue weighted by Gasteiger charge is 2.25. The first kappa shape index (κ1) is 23.3. The summed E-state index contributed by atoms with van der Waals surface area (Å²) >= 11 is 1.52. The number of amides is 1. The number of thioether (sulfide) groups is 1. The van der Waals surface area contributed by atoms with Gasteiger partial charge >= 0.3 is 0 Å². The predicted octanol–water partition coefficient (Wildman–Crippen LogP) is 4.55. The average Bonchev–Trinajstić information content (AvgIpc) is 3.48. The molecule has 1 amide bonds. The number of methoxy groups -OCH3 is 1. The highest BCUT2D eigenvalue weighted by Crippen LogP contribution is 2.29. The highest BCUT2D eigenvalue weighted by molar-refractivity contribution is 7.98. The van der Waals surface area contributed by atoms with Gasteiger partial charge < -0.3 is 14.6 Å². The van der Waals surface area contributed by atoms with Crippen LogP contribution < -0.4 is 10.1 Å². The zero-order valence-corrected chi connectivity index (χ0v) is 20.2. The molecule has 8 heteroatoms. The van der Waals surface area contributed by atoms with E-state index in [1.54, 1.807) is 19.4 Å². The number of ether oxygens (including phenoxy) is 1. The standard InChI is InChI=1S/C25H30N4O3S/c1-17-22(18(2)32-28-17)16-33-25-21(10-7-11-26-25)24(30)27-15-23(29-12-4-5-13-29)19-8-6-9-20(14-19)31-3/h6-11,14,23H,4-5,12-13,15-16H2,1-3H3,(H,27,30). The van der Waals surface area contributed by atoms with Crippen molar-refractivity contribution in [2.75, 3.05) is 26.7 Å². The molecule has 1 fully saturated rings. The van der Waals surface area contributed by atoms with Gasteiger partial charge in [0.25, 0.3) is 5.91 Å². The average molecular weight is 467 g/mol. The second-order valence-corrected chi connectivity index (χ2v) is 9.16. The molecule has 3 heterocycles. The van der Waals surface area contributed by atoms with Crippen LogP contribution >= 0.6 is 11.8 Å². The van der Waals surface area contributed by atoms with Gasteiger partial charge in [-0.1, -0.05) is 17.3 Å². The molecule has 4 rings (SSSR count). The molecular formula is C25H30N4O3S. The molecule has 1 aliphatic rings. The molecule has 1 N–H and O–H groups in total. The van der Waals surface area contributed by atoms with Crippen LogP contribution in [0.4, 0.5) is 0 Å². The van der Waals surface area contributed by atoms with Gasteiger partial charge in [0.1, 0.15) is 16.5 Å². The van der Waals surface area contributed by atoms with E-state index in [0.717, 1.165) is 41.4 Å². The maximum Gasteiger partial charge on any atom is 0.254 e. The Balaban J connectivity index is 1.47. The third-order valence-corrected chi connectivity index (χ3v) is 7.10. The Labute approximate surface area is 198 Å². The second kappa shape index (κ2) is 10.9. The van der Waals surface area contributed by atoms with Crippen LogP contribution in [-0.2, 0) is 5.75 Å². The molecule has 1 unspecified atom stereocenters. The summed E-state index contributed by atoms with van der Waals surface area (Å²) in [5.41, 5.74) is 3.65. The third kappa shape index (κ3) is 5.57. The quantitative estimate of drug-likeness (QED) is 0.463. The van der Waals surface area contributed by atoms with Crippen molar-refractivity contribution in [1.29, 1.82) is 0 Å². The van der Waals surface area contributed by atoms with Gasteiger partial charge in [-0.15, -0.1) is 11.8 Å². The first-order valence-electron chi connectivity index (χ1n) is 11.2. The topological polar surface area (TPSA) is 80.5 Å². The van der Waals surface area contributed by atoms with Crippen molar-refractivity contribution in [2.45, 2.75) is 43.5 Å². The van der Waals surface area contributed by atoms with Crippen LogP contribution in [0.2, 0.25) is 0 Å². The molecule has 0 bridgehead atoms. The molecule has 2 aromatic heterocycles. The number of benzene rings is 1. The van der Waals surface area contributed by atoms with Crippen LogP contribution in [0.3, 0.4) is 0 Å². The zero-order valence-electron chi connectivity index (χ0n) is 19.3. The molecule has 3 aromatic rings. The summed E-state index contributed by atoms with van der Waals surface area (Å²) in [7, 11) is 1.68. The van der Waals surface area contributed by atoms with Crippen LogP contribution in [-0.4, -0.2) is 47.7 Å². The van der Waals surface area contributed by atoms with Crippen LogP contribution in [0.25, 0.3) is 0 Å². The Morgan fingerprint density at radius 2 is 2.06 bits per heavy atom. The van der Waals surface area contributed by atoms with Crippen molar-refractivity contribution in [3.05, 3.63) is 70.7 Å². The number of hydrogen-bond acceptors (Lipinski definition) is 7. The van der Waals surface area contributed by atoms with Crippen molar-refractivity contribution < 1.29 is 14.1 Å². The Morgan fingerprint density at radius 1 is 1.24 bits per heavy atom. The van der Waals surface area contributed by atoms with Gasteiger partial charge in [0.05, 0.1) is 24.4 Å². The number of pyridine rings is 1. The lowest BCUT2D eigenvalue weighted by molar-refractivity contribution is 0.0934. The maximum absolute atomic E-state index is 13.2. The number of rotatable bonds is 9. The molecule has 0 aliphatic carbocycles. The Bertz CT molecular complexity index is 1080. The number of likely N-dealkylation sites (tertiary alicyclic amines) is 1. The molecule has 1 atom stereocenters. The number of aromatic nitrogens is 2. The molecule has 1 aliphatic heterocycles. The van der Waals surface area contributed by atoms with E-state index in [2.05, 4.69) is 32.5 Å². The molecule has 0 radical (unpaired) electrons. The lowest BCUT2D eigenvalue weighted by Gasteiger charge is -2.28. The van der Waals surface area contributed by atoms with E-state index < -0.39 is 0 Å². The van der Waals surface area contributed by atoms with Crippen LogP contribution in [0.5, 0.6) is 5.75 Å². The fraction of sp³-hybridized carbons (Fsp3) is 0.400. The molecule has 174 valence electrons. The van der Waals surface area contributed by atoms with Gasteiger partial charge in [-0.05, 0) is 69.6 Å². The van der Waals surface area contributed by atoms with E-state index in [9.17, 15) is 4.79 Å². The second-order valence-electron chi connectivity index (χ2n) is 8.19. The van der Waals surface area contributed by atoms with Crippen molar-refractivity contribution in [3.63, 3.8) is 0 Å². The summed E-state index contributed by atoms with van der Waals surface area (Å²) < 4.78 is 10.7. The number of aryl methyl sites for hydroxylation is 2. The minimum absolute atomic E-state index is 0.0987. The number of carbonyl (C=O) groups is 1. The highest BCUT2D eigenvalue weighted by atomic mass is 32.2. The molecule has 0 spiro atoms. The van der Waals surface area contributed by atoms with Gasteiger partial charge in [-0.2, -0.15) is 0 Å². The van der Waals surface area contributed by atoms with Crippen molar-refractivity contribution >= 4 is 17.7 Å². The zero-order chi connectivity index (χ0) is 23.2. The normalized spacial score (nSPS) is 14.9. The lowest BCUT2D eigenvalue weighted by atomic mass is 10.0. The Hall–Kier alpha value is -2.84. The maximum atomic E-state index is 13.2. The number of hydrogen-bond donors (Lipinski definition) is 1. The first-order valence-corrected chi connectivity index (χ1v) is 12.2.